The molecule has 0 aliphatic heterocycles. The zero-order chi connectivity index (χ0) is 14.2. The Bertz CT molecular complexity index is 520. The first-order valence-electron chi connectivity index (χ1n) is 7.65. The molecule has 0 radical (unpaired) electrons. The zero-order valence-electron chi connectivity index (χ0n) is 12.6. The number of nitrogens with one attached hydrogen (secondary N) is 1. The summed E-state index contributed by atoms with van der Waals surface area (Å²) >= 11 is 0. The molecule has 20 heavy (non-hydrogen) atoms. The lowest BCUT2D eigenvalue weighted by Gasteiger charge is -2.17. The number of rotatable bonds is 8. The maximum Gasteiger partial charge on any atom is 0.126 e. The first-order chi connectivity index (χ1) is 9.83. The normalized spacial score (nSPS) is 11.2. The van der Waals surface area contributed by atoms with E-state index in [4.69, 9.17) is 0 Å². The highest BCUT2D eigenvalue weighted by Gasteiger charge is 1.99. The van der Waals surface area contributed by atoms with Crippen molar-refractivity contribution in [2.75, 3.05) is 31.5 Å². The van der Waals surface area contributed by atoms with E-state index in [0.29, 0.717) is 0 Å². The van der Waals surface area contributed by atoms with E-state index in [2.05, 4.69) is 53.3 Å². The predicted octanol–water partition coefficient (Wildman–Crippen LogP) is 3.77. The second-order valence-electron chi connectivity index (χ2n) is 5.05. The molecule has 0 unspecified atom stereocenters. The van der Waals surface area contributed by atoms with Gasteiger partial charge in [-0.1, -0.05) is 32.0 Å². The molecule has 0 saturated carbocycles. The van der Waals surface area contributed by atoms with Crippen molar-refractivity contribution >= 4 is 16.7 Å². The smallest absolute Gasteiger partial charge is 0.126 e. The van der Waals surface area contributed by atoms with Gasteiger partial charge in [0.05, 0.1) is 5.52 Å². The molecule has 0 amide bonds. The summed E-state index contributed by atoms with van der Waals surface area (Å²) in [6.45, 7) is 8.93. The van der Waals surface area contributed by atoms with E-state index in [1.54, 1.807) is 0 Å². The Hall–Kier alpha value is -1.61. The average molecular weight is 271 g/mol. The molecule has 1 N–H and O–H groups in total. The molecule has 0 atom stereocenters. The molecular weight excluding hydrogens is 246 g/mol. The highest BCUT2D eigenvalue weighted by Crippen LogP contribution is 2.14. The van der Waals surface area contributed by atoms with Crippen molar-refractivity contribution in [1.82, 2.24) is 9.88 Å². The second-order valence-corrected chi connectivity index (χ2v) is 5.05. The zero-order valence-corrected chi connectivity index (χ0v) is 12.6. The van der Waals surface area contributed by atoms with Gasteiger partial charge in [-0.05, 0) is 50.7 Å². The predicted molar refractivity (Wildman–Crippen MR) is 87.3 cm³/mol. The van der Waals surface area contributed by atoms with Crippen LogP contribution in [0.25, 0.3) is 10.9 Å². The maximum absolute atomic E-state index is 4.62. The van der Waals surface area contributed by atoms with Crippen LogP contribution in [0, 0.1) is 0 Å². The monoisotopic (exact) mass is 271 g/mol. The van der Waals surface area contributed by atoms with Gasteiger partial charge < -0.3 is 10.2 Å². The van der Waals surface area contributed by atoms with Gasteiger partial charge in [0.25, 0.3) is 0 Å². The van der Waals surface area contributed by atoms with Crippen molar-refractivity contribution in [2.24, 2.45) is 0 Å². The summed E-state index contributed by atoms with van der Waals surface area (Å²) in [5.41, 5.74) is 1.06. The molecule has 1 heterocycles. The SMILES string of the molecule is CCN(CC)CCCCNc1ccc2ccccc2n1. The van der Waals surface area contributed by atoms with Crippen LogP contribution in [0.1, 0.15) is 26.7 Å². The minimum absolute atomic E-state index is 0.978. The molecule has 0 saturated heterocycles. The molecule has 108 valence electrons. The van der Waals surface area contributed by atoms with Crippen LogP contribution in [0.3, 0.4) is 0 Å². The summed E-state index contributed by atoms with van der Waals surface area (Å²) in [5.74, 6) is 0.978. The highest BCUT2D eigenvalue weighted by atomic mass is 15.1. The molecule has 0 aliphatic carbocycles. The van der Waals surface area contributed by atoms with Crippen molar-refractivity contribution in [3.63, 3.8) is 0 Å². The molecule has 0 fully saturated rings. The van der Waals surface area contributed by atoms with E-state index in [0.717, 1.165) is 31.0 Å². The standard InChI is InChI=1S/C17H25N3/c1-3-20(4-2)14-8-7-13-18-17-12-11-15-9-5-6-10-16(15)19-17/h5-6,9-12H,3-4,7-8,13-14H2,1-2H3,(H,18,19). The van der Waals surface area contributed by atoms with Crippen molar-refractivity contribution in [3.8, 4) is 0 Å². The molecule has 1 aromatic carbocycles. The van der Waals surface area contributed by atoms with Crippen LogP contribution in [0.15, 0.2) is 36.4 Å². The van der Waals surface area contributed by atoms with Crippen LogP contribution < -0.4 is 5.32 Å². The van der Waals surface area contributed by atoms with Gasteiger partial charge >= 0.3 is 0 Å². The number of unbranched alkanes of at least 4 members (excludes halogenated alkanes) is 1. The van der Waals surface area contributed by atoms with E-state index in [9.17, 15) is 0 Å². The second kappa shape index (κ2) is 7.85. The number of para-hydroxylation sites is 1. The largest absolute Gasteiger partial charge is 0.370 e. The lowest BCUT2D eigenvalue weighted by atomic mass is 10.2. The summed E-state index contributed by atoms with van der Waals surface area (Å²) in [5, 5.41) is 4.61. The third-order valence-electron chi connectivity index (χ3n) is 3.70. The number of fused-ring (bicyclic) bond motifs is 1. The summed E-state index contributed by atoms with van der Waals surface area (Å²) in [4.78, 5) is 7.09. The van der Waals surface area contributed by atoms with E-state index in [-0.39, 0.29) is 0 Å². The van der Waals surface area contributed by atoms with Crippen LogP contribution in [-0.2, 0) is 0 Å². The van der Waals surface area contributed by atoms with Crippen LogP contribution in [0.2, 0.25) is 0 Å². The third kappa shape index (κ3) is 4.20. The Labute approximate surface area is 122 Å². The van der Waals surface area contributed by atoms with Gasteiger partial charge in [0.2, 0.25) is 0 Å². The van der Waals surface area contributed by atoms with Crippen LogP contribution in [0.4, 0.5) is 5.82 Å². The molecular formula is C17H25N3. The average Bonchev–Trinajstić information content (AvgIpc) is 2.51. The van der Waals surface area contributed by atoms with Crippen molar-refractivity contribution in [2.45, 2.75) is 26.7 Å². The Balaban J connectivity index is 1.75. The number of benzene rings is 1. The lowest BCUT2D eigenvalue weighted by molar-refractivity contribution is 0.298. The number of nitrogens with zero attached hydrogens (tertiary/aromatic N) is 2. The van der Waals surface area contributed by atoms with Gasteiger partial charge in [0.1, 0.15) is 5.82 Å². The molecule has 3 nitrogen and oxygen atoms in total. The number of aromatic nitrogens is 1. The Kier molecular flexibility index (Phi) is 5.81. The minimum atomic E-state index is 0.978. The summed E-state index contributed by atoms with van der Waals surface area (Å²) in [6, 6.07) is 12.4. The molecule has 0 spiro atoms. The molecule has 2 aromatic rings. The van der Waals surface area contributed by atoms with Crippen LogP contribution >= 0.6 is 0 Å². The fraction of sp³-hybridized carbons (Fsp3) is 0.471. The Morgan fingerprint density at radius 2 is 1.80 bits per heavy atom. The number of pyridine rings is 1. The Morgan fingerprint density at radius 1 is 1.00 bits per heavy atom. The molecule has 3 heteroatoms. The number of hydrogen-bond donors (Lipinski definition) is 1. The Morgan fingerprint density at radius 3 is 2.60 bits per heavy atom. The van der Waals surface area contributed by atoms with Gasteiger partial charge in [-0.3, -0.25) is 0 Å². The fourth-order valence-electron chi connectivity index (χ4n) is 2.38. The van der Waals surface area contributed by atoms with E-state index >= 15 is 0 Å². The van der Waals surface area contributed by atoms with Gasteiger partial charge in [-0.15, -0.1) is 0 Å². The third-order valence-corrected chi connectivity index (χ3v) is 3.70. The van der Waals surface area contributed by atoms with Crippen molar-refractivity contribution in [1.29, 1.82) is 0 Å². The van der Waals surface area contributed by atoms with Gasteiger partial charge in [0.15, 0.2) is 0 Å². The molecule has 1 aromatic heterocycles. The van der Waals surface area contributed by atoms with Gasteiger partial charge in [-0.25, -0.2) is 4.98 Å². The lowest BCUT2D eigenvalue weighted by Crippen LogP contribution is -2.24. The summed E-state index contributed by atoms with van der Waals surface area (Å²) < 4.78 is 0. The number of anilines is 1. The van der Waals surface area contributed by atoms with E-state index in [1.165, 1.54) is 24.8 Å². The maximum atomic E-state index is 4.62. The van der Waals surface area contributed by atoms with Gasteiger partial charge in [0, 0.05) is 11.9 Å². The highest BCUT2D eigenvalue weighted by molar-refractivity contribution is 5.79. The van der Waals surface area contributed by atoms with Crippen LogP contribution in [-0.4, -0.2) is 36.1 Å². The molecule has 0 bridgehead atoms. The van der Waals surface area contributed by atoms with E-state index < -0.39 is 0 Å². The molecule has 0 aliphatic rings. The molecule has 2 rings (SSSR count). The first kappa shape index (κ1) is 14.8. The van der Waals surface area contributed by atoms with E-state index in [1.807, 2.05) is 12.1 Å². The summed E-state index contributed by atoms with van der Waals surface area (Å²) in [6.07, 6.45) is 2.42. The summed E-state index contributed by atoms with van der Waals surface area (Å²) in [7, 11) is 0. The van der Waals surface area contributed by atoms with Gasteiger partial charge in [-0.2, -0.15) is 0 Å². The first-order valence-corrected chi connectivity index (χ1v) is 7.65. The topological polar surface area (TPSA) is 28.2 Å². The minimum Gasteiger partial charge on any atom is -0.370 e. The van der Waals surface area contributed by atoms with Crippen molar-refractivity contribution in [3.05, 3.63) is 36.4 Å². The quantitative estimate of drug-likeness (QED) is 0.741. The van der Waals surface area contributed by atoms with Crippen molar-refractivity contribution < 1.29 is 0 Å². The van der Waals surface area contributed by atoms with Crippen LogP contribution in [0.5, 0.6) is 0 Å². The number of hydrogen-bond acceptors (Lipinski definition) is 3. The fourth-order valence-corrected chi connectivity index (χ4v) is 2.38.